The normalized spacial score (nSPS) is 21.9. The van der Waals surface area contributed by atoms with Gasteiger partial charge in [-0.3, -0.25) is 4.90 Å². The summed E-state index contributed by atoms with van der Waals surface area (Å²) in [6.45, 7) is 4.17. The molecule has 0 unspecified atom stereocenters. The summed E-state index contributed by atoms with van der Waals surface area (Å²) in [5, 5.41) is 11.8. The lowest BCUT2D eigenvalue weighted by Crippen LogP contribution is -2.50. The quantitative estimate of drug-likeness (QED) is 0.379. The molecule has 21 heavy (non-hydrogen) atoms. The van der Waals surface area contributed by atoms with Crippen LogP contribution in [0.4, 0.5) is 5.82 Å². The Labute approximate surface area is 125 Å². The van der Waals surface area contributed by atoms with E-state index >= 15 is 0 Å². The number of piperazine rings is 1. The lowest BCUT2D eigenvalue weighted by Gasteiger charge is -2.38. The molecule has 3 N–H and O–H groups in total. The Morgan fingerprint density at radius 2 is 1.90 bits per heavy atom. The molecule has 6 heteroatoms. The van der Waals surface area contributed by atoms with E-state index in [1.807, 2.05) is 12.1 Å². The van der Waals surface area contributed by atoms with Crippen LogP contribution in [0, 0.1) is 0 Å². The second-order valence-corrected chi connectivity index (χ2v) is 5.83. The second kappa shape index (κ2) is 6.30. The molecule has 0 aromatic carbocycles. The van der Waals surface area contributed by atoms with Crippen LogP contribution in [-0.2, 0) is 0 Å². The summed E-state index contributed by atoms with van der Waals surface area (Å²) >= 11 is 0. The summed E-state index contributed by atoms with van der Waals surface area (Å²) in [4.78, 5) is 9.38. The molecule has 1 aliphatic carbocycles. The highest BCUT2D eigenvalue weighted by molar-refractivity contribution is 5.95. The predicted octanol–water partition coefficient (Wildman–Crippen LogP) is 1.24. The zero-order valence-electron chi connectivity index (χ0n) is 12.3. The Morgan fingerprint density at radius 1 is 1.19 bits per heavy atom. The van der Waals surface area contributed by atoms with Crippen LogP contribution in [0.3, 0.4) is 0 Å². The first-order valence-electron chi connectivity index (χ1n) is 7.72. The molecular weight excluding hydrogens is 266 g/mol. The molecule has 6 nitrogen and oxygen atoms in total. The summed E-state index contributed by atoms with van der Waals surface area (Å²) in [7, 11) is 0. The first kappa shape index (κ1) is 14.1. The van der Waals surface area contributed by atoms with Gasteiger partial charge in [0.05, 0.1) is 0 Å². The van der Waals surface area contributed by atoms with Gasteiger partial charge in [-0.1, -0.05) is 24.1 Å². The van der Waals surface area contributed by atoms with Crippen LogP contribution in [-0.4, -0.2) is 53.1 Å². The van der Waals surface area contributed by atoms with Gasteiger partial charge in [0, 0.05) is 32.2 Å². The summed E-state index contributed by atoms with van der Waals surface area (Å²) < 4.78 is 0. The minimum Gasteiger partial charge on any atom is -0.409 e. The Morgan fingerprint density at radius 3 is 2.57 bits per heavy atom. The van der Waals surface area contributed by atoms with E-state index in [2.05, 4.69) is 19.9 Å². The minimum absolute atomic E-state index is 0.0569. The molecule has 0 amide bonds. The van der Waals surface area contributed by atoms with E-state index in [1.54, 1.807) is 6.07 Å². The van der Waals surface area contributed by atoms with Crippen molar-refractivity contribution in [3.8, 4) is 0 Å². The molecule has 2 heterocycles. The fourth-order valence-corrected chi connectivity index (χ4v) is 3.38. The van der Waals surface area contributed by atoms with Gasteiger partial charge in [0.25, 0.3) is 0 Å². The van der Waals surface area contributed by atoms with Gasteiger partial charge in [0.15, 0.2) is 5.84 Å². The maximum Gasteiger partial charge on any atom is 0.188 e. The van der Waals surface area contributed by atoms with Gasteiger partial charge in [-0.25, -0.2) is 4.98 Å². The average Bonchev–Trinajstić information content (AvgIpc) is 3.09. The molecule has 1 saturated carbocycles. The van der Waals surface area contributed by atoms with Crippen molar-refractivity contribution in [2.24, 2.45) is 10.9 Å². The molecule has 0 radical (unpaired) electrons. The summed E-state index contributed by atoms with van der Waals surface area (Å²) in [6, 6.07) is 6.44. The molecule has 1 aromatic rings. The lowest BCUT2D eigenvalue weighted by atomic mass is 10.2. The van der Waals surface area contributed by atoms with E-state index < -0.39 is 0 Å². The first-order chi connectivity index (χ1) is 10.3. The van der Waals surface area contributed by atoms with Crippen molar-refractivity contribution in [1.82, 2.24) is 9.88 Å². The number of hydrogen-bond donors (Lipinski definition) is 2. The highest BCUT2D eigenvalue weighted by Crippen LogP contribution is 2.25. The summed E-state index contributed by atoms with van der Waals surface area (Å²) in [5.41, 5.74) is 6.13. The minimum atomic E-state index is 0.0569. The molecule has 0 atom stereocenters. The van der Waals surface area contributed by atoms with E-state index in [1.165, 1.54) is 25.7 Å². The maximum absolute atomic E-state index is 8.75. The zero-order valence-corrected chi connectivity index (χ0v) is 12.3. The van der Waals surface area contributed by atoms with E-state index in [0.29, 0.717) is 5.69 Å². The maximum atomic E-state index is 8.75. The van der Waals surface area contributed by atoms with Gasteiger partial charge < -0.3 is 15.8 Å². The molecule has 1 aliphatic heterocycles. The molecule has 1 saturated heterocycles. The fraction of sp³-hybridized carbons (Fsp3) is 0.600. The third-order valence-corrected chi connectivity index (χ3v) is 4.58. The van der Waals surface area contributed by atoms with Crippen LogP contribution in [0.1, 0.15) is 31.4 Å². The molecule has 114 valence electrons. The van der Waals surface area contributed by atoms with Crippen molar-refractivity contribution in [1.29, 1.82) is 0 Å². The Hall–Kier alpha value is -1.82. The smallest absolute Gasteiger partial charge is 0.188 e. The summed E-state index contributed by atoms with van der Waals surface area (Å²) in [5.74, 6) is 0.964. The monoisotopic (exact) mass is 289 g/mol. The van der Waals surface area contributed by atoms with E-state index in [9.17, 15) is 0 Å². The number of oxime groups is 1. The van der Waals surface area contributed by atoms with Crippen LogP contribution in [0.2, 0.25) is 0 Å². The Kier molecular flexibility index (Phi) is 4.24. The van der Waals surface area contributed by atoms with E-state index in [4.69, 9.17) is 10.9 Å². The van der Waals surface area contributed by atoms with Crippen LogP contribution >= 0.6 is 0 Å². The van der Waals surface area contributed by atoms with Crippen LogP contribution in [0.25, 0.3) is 0 Å². The molecule has 2 fully saturated rings. The number of amidine groups is 1. The molecule has 2 aliphatic rings. The lowest BCUT2D eigenvalue weighted by molar-refractivity contribution is 0.187. The second-order valence-electron chi connectivity index (χ2n) is 5.83. The van der Waals surface area contributed by atoms with Gasteiger partial charge in [-0.05, 0) is 25.0 Å². The number of rotatable bonds is 3. The van der Waals surface area contributed by atoms with Gasteiger partial charge in [-0.2, -0.15) is 0 Å². The molecule has 3 rings (SSSR count). The molecule has 1 aromatic heterocycles. The van der Waals surface area contributed by atoms with Crippen molar-refractivity contribution in [2.45, 2.75) is 31.7 Å². The van der Waals surface area contributed by atoms with Crippen LogP contribution < -0.4 is 10.6 Å². The number of hydrogen-bond acceptors (Lipinski definition) is 5. The highest BCUT2D eigenvalue weighted by atomic mass is 16.4. The topological polar surface area (TPSA) is 78.0 Å². The molecule has 0 spiro atoms. The Balaban J connectivity index is 1.64. The average molecular weight is 289 g/mol. The van der Waals surface area contributed by atoms with Gasteiger partial charge in [-0.15, -0.1) is 0 Å². The number of pyridine rings is 1. The standard InChI is InChI=1S/C15H23N5O/c16-15(18-21)13-6-3-7-14(17-13)20-10-8-19(9-11-20)12-4-1-2-5-12/h3,6-7,12,21H,1-2,4-5,8-11H2,(H2,16,18). The first-order valence-corrected chi connectivity index (χ1v) is 7.72. The van der Waals surface area contributed by atoms with Gasteiger partial charge in [0.1, 0.15) is 11.5 Å². The summed E-state index contributed by atoms with van der Waals surface area (Å²) in [6.07, 6.45) is 5.48. The molecule has 0 bridgehead atoms. The number of nitrogens with zero attached hydrogens (tertiary/aromatic N) is 4. The third kappa shape index (κ3) is 3.10. The SMILES string of the molecule is NC(=NO)c1cccc(N2CCN(C3CCCC3)CC2)n1. The van der Waals surface area contributed by atoms with Crippen molar-refractivity contribution in [3.05, 3.63) is 23.9 Å². The largest absolute Gasteiger partial charge is 0.409 e. The van der Waals surface area contributed by atoms with Crippen molar-refractivity contribution >= 4 is 11.7 Å². The van der Waals surface area contributed by atoms with Crippen molar-refractivity contribution in [3.63, 3.8) is 0 Å². The zero-order chi connectivity index (χ0) is 14.7. The predicted molar refractivity (Wildman–Crippen MR) is 82.8 cm³/mol. The van der Waals surface area contributed by atoms with Gasteiger partial charge in [0.2, 0.25) is 0 Å². The highest BCUT2D eigenvalue weighted by Gasteiger charge is 2.26. The van der Waals surface area contributed by atoms with Crippen LogP contribution in [0.15, 0.2) is 23.4 Å². The molecular formula is C15H23N5O. The number of anilines is 1. The van der Waals surface area contributed by atoms with E-state index in [-0.39, 0.29) is 5.84 Å². The number of nitrogens with two attached hydrogens (primary N) is 1. The van der Waals surface area contributed by atoms with Crippen molar-refractivity contribution < 1.29 is 5.21 Å². The number of aromatic nitrogens is 1. The third-order valence-electron chi connectivity index (χ3n) is 4.58. The van der Waals surface area contributed by atoms with Crippen molar-refractivity contribution in [2.75, 3.05) is 31.1 Å². The van der Waals surface area contributed by atoms with E-state index in [0.717, 1.165) is 38.0 Å². The van der Waals surface area contributed by atoms with Crippen LogP contribution in [0.5, 0.6) is 0 Å². The fourth-order valence-electron chi connectivity index (χ4n) is 3.38. The van der Waals surface area contributed by atoms with Gasteiger partial charge >= 0.3 is 0 Å². The Bertz CT molecular complexity index is 505.